The zero-order chi connectivity index (χ0) is 14.7. The summed E-state index contributed by atoms with van der Waals surface area (Å²) in [5.74, 6) is 2.52. The van der Waals surface area contributed by atoms with Gasteiger partial charge in [0.15, 0.2) is 0 Å². The van der Waals surface area contributed by atoms with Gasteiger partial charge in [-0.3, -0.25) is 10.1 Å². The summed E-state index contributed by atoms with van der Waals surface area (Å²) in [4.78, 5) is 14.6. The minimum absolute atomic E-state index is 0.0429. The molecule has 0 bridgehead atoms. The molecule has 0 aromatic carbocycles. The molecule has 1 saturated heterocycles. The Morgan fingerprint density at radius 2 is 1.90 bits per heavy atom. The van der Waals surface area contributed by atoms with Crippen molar-refractivity contribution in [2.45, 2.75) is 78.4 Å². The van der Waals surface area contributed by atoms with E-state index < -0.39 is 0 Å². The minimum atomic E-state index is 0.0429. The standard InChI is InChI=1S/C17H32N2O/c1-5-13(3)16-17(20)19(14(4)18-16)11-10-15-8-6-12(2)7-9-15/h12-16,18H,5-11H2,1-4H3. The van der Waals surface area contributed by atoms with Gasteiger partial charge in [-0.05, 0) is 31.1 Å². The predicted octanol–water partition coefficient (Wildman–Crippen LogP) is 3.40. The molecule has 1 aliphatic carbocycles. The third kappa shape index (κ3) is 3.55. The van der Waals surface area contributed by atoms with Crippen LogP contribution < -0.4 is 5.32 Å². The fourth-order valence-electron chi connectivity index (χ4n) is 3.68. The van der Waals surface area contributed by atoms with E-state index in [1.165, 1.54) is 32.1 Å². The van der Waals surface area contributed by atoms with Crippen molar-refractivity contribution in [1.29, 1.82) is 0 Å². The maximum absolute atomic E-state index is 12.5. The number of nitrogens with one attached hydrogen (secondary N) is 1. The smallest absolute Gasteiger partial charge is 0.241 e. The van der Waals surface area contributed by atoms with Crippen molar-refractivity contribution >= 4 is 5.91 Å². The molecule has 3 nitrogen and oxygen atoms in total. The van der Waals surface area contributed by atoms with Crippen LogP contribution >= 0.6 is 0 Å². The Labute approximate surface area is 124 Å². The van der Waals surface area contributed by atoms with E-state index in [-0.39, 0.29) is 12.2 Å². The average Bonchev–Trinajstić information content (AvgIpc) is 2.73. The van der Waals surface area contributed by atoms with Crippen molar-refractivity contribution in [1.82, 2.24) is 10.2 Å². The summed E-state index contributed by atoms with van der Waals surface area (Å²) in [6, 6.07) is 0.0429. The lowest BCUT2D eigenvalue weighted by Gasteiger charge is -2.29. The largest absolute Gasteiger partial charge is 0.326 e. The quantitative estimate of drug-likeness (QED) is 0.837. The van der Waals surface area contributed by atoms with Crippen LogP contribution in [0.3, 0.4) is 0 Å². The average molecular weight is 280 g/mol. The van der Waals surface area contributed by atoms with Crippen molar-refractivity contribution in [2.75, 3.05) is 6.54 Å². The van der Waals surface area contributed by atoms with Gasteiger partial charge in [0.25, 0.3) is 0 Å². The Morgan fingerprint density at radius 3 is 2.50 bits per heavy atom. The molecule has 2 rings (SSSR count). The number of rotatable bonds is 5. The second-order valence-corrected chi connectivity index (χ2v) is 7.15. The van der Waals surface area contributed by atoms with Crippen molar-refractivity contribution in [3.05, 3.63) is 0 Å². The minimum Gasteiger partial charge on any atom is -0.326 e. The summed E-state index contributed by atoms with van der Waals surface area (Å²) < 4.78 is 0. The molecule has 3 atom stereocenters. The number of hydrogen-bond donors (Lipinski definition) is 1. The highest BCUT2D eigenvalue weighted by atomic mass is 16.2. The van der Waals surface area contributed by atoms with Crippen LogP contribution in [0.2, 0.25) is 0 Å². The first-order valence-electron chi connectivity index (χ1n) is 8.59. The highest BCUT2D eigenvalue weighted by Crippen LogP contribution is 2.31. The van der Waals surface area contributed by atoms with E-state index >= 15 is 0 Å². The van der Waals surface area contributed by atoms with Gasteiger partial charge in [-0.2, -0.15) is 0 Å². The van der Waals surface area contributed by atoms with Gasteiger partial charge in [0, 0.05) is 6.54 Å². The predicted molar refractivity (Wildman–Crippen MR) is 83.3 cm³/mol. The summed E-state index contributed by atoms with van der Waals surface area (Å²) in [5.41, 5.74) is 0. The molecular weight excluding hydrogens is 248 g/mol. The molecule has 3 heteroatoms. The fourth-order valence-corrected chi connectivity index (χ4v) is 3.68. The van der Waals surface area contributed by atoms with Crippen LogP contribution in [-0.2, 0) is 4.79 Å². The SMILES string of the molecule is CCC(C)C1NC(C)N(CCC2CCC(C)CC2)C1=O. The van der Waals surface area contributed by atoms with Gasteiger partial charge in [-0.1, -0.05) is 52.9 Å². The van der Waals surface area contributed by atoms with Crippen LogP contribution in [0.15, 0.2) is 0 Å². The Hall–Kier alpha value is -0.570. The maximum atomic E-state index is 12.5. The van der Waals surface area contributed by atoms with Gasteiger partial charge in [-0.25, -0.2) is 0 Å². The topological polar surface area (TPSA) is 32.3 Å². The Kier molecular flexibility index (Phi) is 5.48. The maximum Gasteiger partial charge on any atom is 0.241 e. The number of carbonyl (C=O) groups is 1. The van der Waals surface area contributed by atoms with E-state index in [1.807, 2.05) is 0 Å². The van der Waals surface area contributed by atoms with Gasteiger partial charge in [-0.15, -0.1) is 0 Å². The summed E-state index contributed by atoms with van der Waals surface area (Å²) in [7, 11) is 0. The molecule has 1 heterocycles. The third-order valence-corrected chi connectivity index (χ3v) is 5.56. The molecule has 1 aliphatic heterocycles. The molecule has 1 N–H and O–H groups in total. The van der Waals surface area contributed by atoms with Gasteiger partial charge >= 0.3 is 0 Å². The van der Waals surface area contributed by atoms with E-state index in [9.17, 15) is 4.79 Å². The summed E-state index contributed by atoms with van der Waals surface area (Å²) in [6.45, 7) is 9.77. The van der Waals surface area contributed by atoms with Gasteiger partial charge in [0.05, 0.1) is 12.2 Å². The number of nitrogens with zero attached hydrogens (tertiary/aromatic N) is 1. The highest BCUT2D eigenvalue weighted by Gasteiger charge is 2.38. The number of carbonyl (C=O) groups excluding carboxylic acids is 1. The molecule has 0 spiro atoms. The summed E-state index contributed by atoms with van der Waals surface area (Å²) in [6.07, 6.45) is 7.94. The van der Waals surface area contributed by atoms with E-state index in [0.29, 0.717) is 11.8 Å². The third-order valence-electron chi connectivity index (χ3n) is 5.56. The van der Waals surface area contributed by atoms with Crippen LogP contribution in [0.5, 0.6) is 0 Å². The molecule has 1 amide bonds. The van der Waals surface area contributed by atoms with E-state index in [2.05, 4.69) is 37.9 Å². The van der Waals surface area contributed by atoms with Gasteiger partial charge in [0.1, 0.15) is 0 Å². The lowest BCUT2D eigenvalue weighted by atomic mass is 9.81. The van der Waals surface area contributed by atoms with Crippen LogP contribution in [0, 0.1) is 17.8 Å². The lowest BCUT2D eigenvalue weighted by molar-refractivity contribution is -0.130. The number of hydrogen-bond acceptors (Lipinski definition) is 2. The van der Waals surface area contributed by atoms with Crippen molar-refractivity contribution in [2.24, 2.45) is 17.8 Å². The summed E-state index contributed by atoms with van der Waals surface area (Å²) >= 11 is 0. The Morgan fingerprint density at radius 1 is 1.25 bits per heavy atom. The molecule has 0 aromatic rings. The second-order valence-electron chi connectivity index (χ2n) is 7.15. The van der Waals surface area contributed by atoms with Crippen molar-refractivity contribution in [3.8, 4) is 0 Å². The van der Waals surface area contributed by atoms with E-state index in [4.69, 9.17) is 0 Å². The number of amides is 1. The second kappa shape index (κ2) is 6.93. The summed E-state index contributed by atoms with van der Waals surface area (Å²) in [5, 5.41) is 3.48. The van der Waals surface area contributed by atoms with Gasteiger partial charge < -0.3 is 4.90 Å². The fraction of sp³-hybridized carbons (Fsp3) is 0.941. The van der Waals surface area contributed by atoms with E-state index in [1.54, 1.807) is 0 Å². The highest BCUT2D eigenvalue weighted by molar-refractivity contribution is 5.84. The monoisotopic (exact) mass is 280 g/mol. The van der Waals surface area contributed by atoms with Crippen molar-refractivity contribution in [3.63, 3.8) is 0 Å². The molecule has 2 aliphatic rings. The van der Waals surface area contributed by atoms with Crippen LogP contribution in [-0.4, -0.2) is 29.6 Å². The zero-order valence-electron chi connectivity index (χ0n) is 13.7. The van der Waals surface area contributed by atoms with E-state index in [0.717, 1.165) is 24.8 Å². The van der Waals surface area contributed by atoms with Crippen molar-refractivity contribution < 1.29 is 4.79 Å². The first-order valence-corrected chi connectivity index (χ1v) is 8.59. The zero-order valence-corrected chi connectivity index (χ0v) is 13.7. The molecule has 20 heavy (non-hydrogen) atoms. The van der Waals surface area contributed by atoms with Crippen LogP contribution in [0.25, 0.3) is 0 Å². The molecule has 0 aromatic heterocycles. The lowest BCUT2D eigenvalue weighted by Crippen LogP contribution is -2.36. The molecule has 2 fully saturated rings. The van der Waals surface area contributed by atoms with Crippen LogP contribution in [0.4, 0.5) is 0 Å². The van der Waals surface area contributed by atoms with Crippen LogP contribution in [0.1, 0.15) is 66.2 Å². The molecule has 116 valence electrons. The normalized spacial score (nSPS) is 36.4. The first-order chi connectivity index (χ1) is 9.52. The molecule has 3 unspecified atom stereocenters. The Bertz CT molecular complexity index is 323. The molecule has 1 saturated carbocycles. The van der Waals surface area contributed by atoms with Gasteiger partial charge in [0.2, 0.25) is 5.91 Å². The molecular formula is C17H32N2O. The first kappa shape index (κ1) is 15.8. The molecule has 0 radical (unpaired) electrons. The Balaban J connectivity index is 1.82.